The van der Waals surface area contributed by atoms with Gasteiger partial charge in [-0.25, -0.2) is 10.6 Å². The summed E-state index contributed by atoms with van der Waals surface area (Å²) < 4.78 is 5.86. The molecule has 0 saturated heterocycles. The first-order valence-electron chi connectivity index (χ1n) is 14.2. The zero-order valence-corrected chi connectivity index (χ0v) is 25.5. The number of para-hydroxylation sites is 1. The second-order valence-electron chi connectivity index (χ2n) is 9.31. The van der Waals surface area contributed by atoms with E-state index in [0.717, 1.165) is 27.8 Å². The molecular formula is C34H44N6O3. The summed E-state index contributed by atoms with van der Waals surface area (Å²) in [6.45, 7) is 16.6. The van der Waals surface area contributed by atoms with E-state index in [9.17, 15) is 9.90 Å². The minimum Gasteiger partial charge on any atom is -0.478 e. The number of nitrogen functional groups attached to an aromatic ring is 1. The monoisotopic (exact) mass is 584 g/mol. The van der Waals surface area contributed by atoms with Crippen LogP contribution >= 0.6 is 0 Å². The molecule has 9 nitrogen and oxygen atoms in total. The Morgan fingerprint density at radius 1 is 1.07 bits per heavy atom. The van der Waals surface area contributed by atoms with Gasteiger partial charge in [-0.15, -0.1) is 0 Å². The van der Waals surface area contributed by atoms with E-state index in [1.807, 2.05) is 87.2 Å². The van der Waals surface area contributed by atoms with Gasteiger partial charge in [0.05, 0.1) is 23.5 Å². The van der Waals surface area contributed by atoms with Crippen molar-refractivity contribution in [3.8, 4) is 11.1 Å². The van der Waals surface area contributed by atoms with Crippen LogP contribution in [0.3, 0.4) is 0 Å². The first-order chi connectivity index (χ1) is 20.7. The molecule has 43 heavy (non-hydrogen) atoms. The summed E-state index contributed by atoms with van der Waals surface area (Å²) in [4.78, 5) is 13.9. The van der Waals surface area contributed by atoms with Crippen LogP contribution in [0.15, 0.2) is 109 Å². The summed E-state index contributed by atoms with van der Waals surface area (Å²) in [6.07, 6.45) is 4.86. The van der Waals surface area contributed by atoms with Crippen molar-refractivity contribution in [3.63, 3.8) is 0 Å². The van der Waals surface area contributed by atoms with Gasteiger partial charge in [0.1, 0.15) is 6.23 Å². The van der Waals surface area contributed by atoms with Crippen LogP contribution in [0, 0.1) is 0 Å². The average Bonchev–Trinajstić information content (AvgIpc) is 3.01. The van der Waals surface area contributed by atoms with Gasteiger partial charge in [0.15, 0.2) is 5.84 Å². The number of hydrazine groups is 1. The van der Waals surface area contributed by atoms with Gasteiger partial charge in [-0.1, -0.05) is 99.8 Å². The molecule has 0 bridgehead atoms. The number of hydrazone groups is 1. The number of amidine groups is 1. The van der Waals surface area contributed by atoms with E-state index >= 15 is 0 Å². The number of carboxylic acids is 1. The second-order valence-corrected chi connectivity index (χ2v) is 9.31. The summed E-state index contributed by atoms with van der Waals surface area (Å²) in [6, 6.07) is 20.5. The van der Waals surface area contributed by atoms with Crippen LogP contribution in [0.1, 0.15) is 49.2 Å². The number of rotatable bonds is 13. The number of hydrogen-bond donors (Lipinski definition) is 4. The molecule has 0 aliphatic carbocycles. The predicted molar refractivity (Wildman–Crippen MR) is 178 cm³/mol. The number of hydrogen-bond acceptors (Lipinski definition) is 7. The first kappa shape index (κ1) is 34.3. The Hall–Kier alpha value is -4.86. The van der Waals surface area contributed by atoms with E-state index in [2.05, 4.69) is 18.3 Å². The lowest BCUT2D eigenvalue weighted by atomic mass is 9.97. The molecule has 3 rings (SSSR count). The Bertz CT molecular complexity index is 1430. The van der Waals surface area contributed by atoms with Crippen LogP contribution in [0.25, 0.3) is 11.1 Å². The van der Waals surface area contributed by atoms with Crippen molar-refractivity contribution >= 4 is 23.2 Å². The minimum atomic E-state index is -1.06. The van der Waals surface area contributed by atoms with Gasteiger partial charge in [-0.3, -0.25) is 5.01 Å². The van der Waals surface area contributed by atoms with Gasteiger partial charge in [-0.05, 0) is 48.2 Å². The van der Waals surface area contributed by atoms with E-state index < -0.39 is 12.2 Å². The first-order valence-corrected chi connectivity index (χ1v) is 14.2. The molecule has 0 amide bonds. The summed E-state index contributed by atoms with van der Waals surface area (Å²) in [5.41, 5.74) is 11.5. The lowest BCUT2D eigenvalue weighted by Crippen LogP contribution is -2.40. The number of benzene rings is 3. The maximum atomic E-state index is 12.0. The molecule has 0 spiro atoms. The van der Waals surface area contributed by atoms with Gasteiger partial charge >= 0.3 is 5.97 Å². The number of carboxylic acid groups (broad SMARTS) is 1. The summed E-state index contributed by atoms with van der Waals surface area (Å²) >= 11 is 0. The highest BCUT2D eigenvalue weighted by molar-refractivity contribution is 6.04. The maximum Gasteiger partial charge on any atom is 0.337 e. The lowest BCUT2D eigenvalue weighted by molar-refractivity contribution is 0.0680. The number of allylic oxidation sites excluding steroid dienone is 2. The Morgan fingerprint density at radius 3 is 2.33 bits per heavy atom. The van der Waals surface area contributed by atoms with Crippen molar-refractivity contribution in [2.24, 2.45) is 16.8 Å². The summed E-state index contributed by atoms with van der Waals surface area (Å²) in [7, 11) is 0. The van der Waals surface area contributed by atoms with Crippen molar-refractivity contribution in [2.75, 3.05) is 23.8 Å². The minimum absolute atomic E-state index is 0.115. The third-order valence-corrected chi connectivity index (χ3v) is 6.45. The van der Waals surface area contributed by atoms with Crippen molar-refractivity contribution in [2.45, 2.75) is 40.5 Å². The fourth-order valence-electron chi connectivity index (χ4n) is 4.54. The number of anilines is 2. The molecular weight excluding hydrogens is 540 g/mol. The second kappa shape index (κ2) is 17.2. The largest absolute Gasteiger partial charge is 0.478 e. The summed E-state index contributed by atoms with van der Waals surface area (Å²) in [5.74, 6) is 11.5. The number of ether oxygens (including phenoxy) is 1. The van der Waals surface area contributed by atoms with Crippen LogP contribution in [0.5, 0.6) is 0 Å². The third-order valence-electron chi connectivity index (χ3n) is 6.45. The fraction of sp³-hybridized carbons (Fsp3) is 0.235. The Morgan fingerprint density at radius 2 is 1.72 bits per heavy atom. The maximum absolute atomic E-state index is 12.0. The van der Waals surface area contributed by atoms with Crippen molar-refractivity contribution < 1.29 is 14.6 Å². The number of aromatic carboxylic acids is 1. The molecule has 0 aromatic heterocycles. The van der Waals surface area contributed by atoms with Gasteiger partial charge in [0.2, 0.25) is 0 Å². The normalized spacial score (nSPS) is 11.8. The number of carbonyl (C=O) groups is 1. The molecule has 0 radical (unpaired) electrons. The molecule has 9 heteroatoms. The highest BCUT2D eigenvalue weighted by Gasteiger charge is 2.24. The van der Waals surface area contributed by atoms with Crippen LogP contribution in [-0.2, 0) is 11.3 Å². The van der Waals surface area contributed by atoms with E-state index in [-0.39, 0.29) is 5.56 Å². The molecule has 0 fully saturated rings. The van der Waals surface area contributed by atoms with Crippen LogP contribution in [0.4, 0.5) is 11.4 Å². The standard InChI is InChI=1S/C32H38N6O3.C2H6/c1-5-7-11-22(3)20-38(35)31(36-34)27-13-9-8-12-26(27)25-18-16-24(17-19-25)21-37(23(4)41-6-2)30-28(32(39)40)14-10-15-29(30)33;1-2/h5,7-19,23H,1,3,6,20-21,33-35H2,2,4H3,(H,39,40);1-2H3/b11-7-,36-31-;. The van der Waals surface area contributed by atoms with Crippen LogP contribution in [0.2, 0.25) is 0 Å². The highest BCUT2D eigenvalue weighted by Crippen LogP contribution is 2.32. The molecule has 228 valence electrons. The zero-order chi connectivity index (χ0) is 31.9. The molecule has 1 unspecified atom stereocenters. The molecule has 0 aliphatic rings. The van der Waals surface area contributed by atoms with E-state index in [1.54, 1.807) is 30.4 Å². The zero-order valence-electron chi connectivity index (χ0n) is 25.5. The van der Waals surface area contributed by atoms with Crippen LogP contribution < -0.4 is 22.3 Å². The quantitative estimate of drug-likeness (QED) is 0.0357. The van der Waals surface area contributed by atoms with Crippen molar-refractivity contribution in [1.82, 2.24) is 5.01 Å². The molecule has 3 aromatic rings. The Kier molecular flexibility index (Phi) is 13.7. The van der Waals surface area contributed by atoms with Gasteiger partial charge in [0, 0.05) is 18.7 Å². The van der Waals surface area contributed by atoms with Crippen molar-refractivity contribution in [1.29, 1.82) is 0 Å². The van der Waals surface area contributed by atoms with E-state index in [1.165, 1.54) is 5.01 Å². The molecule has 3 aromatic carbocycles. The predicted octanol–water partition coefficient (Wildman–Crippen LogP) is 6.14. The van der Waals surface area contributed by atoms with Gasteiger partial charge in [0.25, 0.3) is 0 Å². The smallest absolute Gasteiger partial charge is 0.337 e. The fourth-order valence-corrected chi connectivity index (χ4v) is 4.54. The number of nitrogens with zero attached hydrogens (tertiary/aromatic N) is 3. The average molecular weight is 585 g/mol. The topological polar surface area (TPSA) is 143 Å². The summed E-state index contributed by atoms with van der Waals surface area (Å²) in [5, 5.41) is 15.3. The third kappa shape index (κ3) is 9.06. The molecule has 1 atom stereocenters. The van der Waals surface area contributed by atoms with Crippen molar-refractivity contribution in [3.05, 3.63) is 120 Å². The SMILES string of the molecule is C=C/C=C\C(=C)CN(N)/C(=N\N)c1ccccc1-c1ccc(CN(c2c(N)cccc2C(=O)O)C(C)OCC)cc1.CC. The lowest BCUT2D eigenvalue weighted by Gasteiger charge is -2.33. The van der Waals surface area contributed by atoms with E-state index in [0.29, 0.717) is 36.9 Å². The highest BCUT2D eigenvalue weighted by atomic mass is 16.5. The van der Waals surface area contributed by atoms with Crippen LogP contribution in [-0.4, -0.2) is 41.3 Å². The molecule has 0 aliphatic heterocycles. The molecule has 0 heterocycles. The molecule has 0 saturated carbocycles. The van der Waals surface area contributed by atoms with Gasteiger partial charge < -0.3 is 26.3 Å². The Labute approximate surface area is 255 Å². The Balaban J connectivity index is 0.00000316. The molecule has 7 N–H and O–H groups in total. The van der Waals surface area contributed by atoms with Gasteiger partial charge in [-0.2, -0.15) is 5.10 Å². The van der Waals surface area contributed by atoms with E-state index in [4.69, 9.17) is 22.2 Å². The number of nitrogens with two attached hydrogens (primary N) is 3.